The number of aryl methyl sites for hydroxylation is 2. The summed E-state index contributed by atoms with van der Waals surface area (Å²) in [5.74, 6) is 0. The highest BCUT2D eigenvalue weighted by Gasteiger charge is 2.13. The lowest BCUT2D eigenvalue weighted by atomic mass is 10.0. The highest BCUT2D eigenvalue weighted by molar-refractivity contribution is 7.44. The molecule has 0 spiro atoms. The maximum absolute atomic E-state index is 2.47. The van der Waals surface area contributed by atoms with E-state index in [1.807, 2.05) is 22.7 Å². The zero-order valence-electron chi connectivity index (χ0n) is 20.2. The molecule has 4 rings (SSSR count). The minimum atomic E-state index is 1.23. The third kappa shape index (κ3) is 5.94. The predicted octanol–water partition coefficient (Wildman–Crippen LogP) is 11.1. The summed E-state index contributed by atoms with van der Waals surface area (Å²) in [5, 5.41) is 4.43. The Morgan fingerprint density at radius 2 is 0.969 bits per heavy atom. The minimum Gasteiger partial charge on any atom is -0.124 e. The summed E-state index contributed by atoms with van der Waals surface area (Å²) in [7, 11) is 0. The molecule has 0 saturated heterocycles. The van der Waals surface area contributed by atoms with Gasteiger partial charge in [0, 0.05) is 25.6 Å². The molecule has 2 heteroatoms. The average Bonchev–Trinajstić information content (AvgIpc) is 3.33. The first-order valence-electron chi connectivity index (χ1n) is 13.2. The number of unbranched alkanes of at least 4 members (excludes halogenated alkanes) is 10. The zero-order chi connectivity index (χ0) is 22.2. The fourth-order valence-electron chi connectivity index (χ4n) is 4.93. The smallest absolute Gasteiger partial charge is 0.0890 e. The molecule has 0 aliphatic rings. The molecule has 0 aliphatic heterocycles. The highest BCUT2D eigenvalue weighted by atomic mass is 32.2. The van der Waals surface area contributed by atoms with E-state index in [1.54, 1.807) is 0 Å². The van der Waals surface area contributed by atoms with Crippen LogP contribution in [0.5, 0.6) is 0 Å². The molecule has 0 nitrogen and oxygen atoms in total. The van der Waals surface area contributed by atoms with Crippen LogP contribution >= 0.6 is 22.7 Å². The number of benzene rings is 2. The Morgan fingerprint density at radius 1 is 0.531 bits per heavy atom. The Hall–Kier alpha value is -1.38. The fraction of sp³-hybridized carbons (Fsp3) is 0.533. The van der Waals surface area contributed by atoms with E-state index in [1.165, 1.54) is 131 Å². The van der Waals surface area contributed by atoms with Gasteiger partial charge in [0.15, 0.2) is 0 Å². The molecule has 4 aromatic rings. The molecule has 0 saturated carbocycles. The molecule has 0 atom stereocenters. The molecule has 32 heavy (non-hydrogen) atoms. The summed E-state index contributed by atoms with van der Waals surface area (Å²) >= 11 is 4.01. The molecular formula is C30H40S2. The lowest BCUT2D eigenvalue weighted by Gasteiger charge is -2.04. The molecule has 2 heterocycles. The van der Waals surface area contributed by atoms with Crippen molar-refractivity contribution in [3.63, 3.8) is 0 Å². The molecule has 0 aliphatic carbocycles. The van der Waals surface area contributed by atoms with Crippen LogP contribution < -0.4 is 0 Å². The first-order valence-corrected chi connectivity index (χ1v) is 14.8. The third-order valence-corrected chi connectivity index (χ3v) is 9.27. The zero-order valence-corrected chi connectivity index (χ0v) is 21.8. The summed E-state index contributed by atoms with van der Waals surface area (Å²) in [6, 6.07) is 14.5. The first-order chi connectivity index (χ1) is 15.8. The van der Waals surface area contributed by atoms with Crippen LogP contribution in [-0.2, 0) is 12.8 Å². The monoisotopic (exact) mass is 464 g/mol. The van der Waals surface area contributed by atoms with E-state index < -0.39 is 0 Å². The van der Waals surface area contributed by atoms with E-state index in [-0.39, 0.29) is 0 Å². The summed E-state index contributed by atoms with van der Waals surface area (Å²) in [6.07, 6.45) is 19.0. The van der Waals surface area contributed by atoms with E-state index in [2.05, 4.69) is 50.2 Å². The van der Waals surface area contributed by atoms with Crippen LogP contribution in [0, 0.1) is 0 Å². The summed E-state index contributed by atoms with van der Waals surface area (Å²) in [4.78, 5) is 0. The van der Waals surface area contributed by atoms with Gasteiger partial charge in [-0.3, -0.25) is 0 Å². The number of fused-ring (bicyclic) bond motifs is 5. The highest BCUT2D eigenvalue weighted by Crippen LogP contribution is 2.44. The Morgan fingerprint density at radius 3 is 1.44 bits per heavy atom. The predicted molar refractivity (Wildman–Crippen MR) is 149 cm³/mol. The van der Waals surface area contributed by atoms with Crippen LogP contribution in [0.1, 0.15) is 102 Å². The van der Waals surface area contributed by atoms with E-state index >= 15 is 0 Å². The second-order valence-corrected chi connectivity index (χ2v) is 11.9. The maximum atomic E-state index is 2.47. The van der Waals surface area contributed by atoms with Gasteiger partial charge in [0.05, 0.1) is 4.01 Å². The quantitative estimate of drug-likeness (QED) is 0.163. The van der Waals surface area contributed by atoms with Crippen LogP contribution in [0.3, 0.4) is 0 Å². The van der Waals surface area contributed by atoms with Crippen molar-refractivity contribution in [1.82, 2.24) is 0 Å². The first kappa shape index (κ1) is 23.8. The standard InChI is InChI=1S/C30H40S2/c1-3-5-7-9-11-13-15-23-17-19-25-27(21-23)31-30-29(25)26-20-18-24(22-28(26)32-30)16-14-12-10-8-6-4-2/h17-22H,3-16H2,1-2H3. The topological polar surface area (TPSA) is 0 Å². The second kappa shape index (κ2) is 12.2. The van der Waals surface area contributed by atoms with Gasteiger partial charge in [0.25, 0.3) is 0 Å². The number of thiophene rings is 2. The summed E-state index contributed by atoms with van der Waals surface area (Å²) < 4.78 is 4.46. The van der Waals surface area contributed by atoms with Crippen molar-refractivity contribution in [1.29, 1.82) is 0 Å². The minimum absolute atomic E-state index is 1.23. The second-order valence-electron chi connectivity index (χ2n) is 9.56. The van der Waals surface area contributed by atoms with Crippen molar-refractivity contribution in [3.05, 3.63) is 47.5 Å². The SMILES string of the molecule is CCCCCCCCc1ccc2c(c1)sc1sc3cc(CCCCCCCC)ccc3c12. The van der Waals surface area contributed by atoms with Crippen molar-refractivity contribution in [2.75, 3.05) is 0 Å². The molecule has 0 fully saturated rings. The van der Waals surface area contributed by atoms with Gasteiger partial charge in [-0.15, -0.1) is 22.7 Å². The molecule has 0 unspecified atom stereocenters. The van der Waals surface area contributed by atoms with Crippen LogP contribution in [0.2, 0.25) is 0 Å². The van der Waals surface area contributed by atoms with Gasteiger partial charge in [-0.05, 0) is 48.9 Å². The Labute approximate surface area is 203 Å². The molecule has 2 aromatic carbocycles. The van der Waals surface area contributed by atoms with Gasteiger partial charge < -0.3 is 0 Å². The van der Waals surface area contributed by atoms with Gasteiger partial charge in [0.2, 0.25) is 0 Å². The van der Waals surface area contributed by atoms with Crippen LogP contribution in [-0.4, -0.2) is 0 Å². The Kier molecular flexibility index (Phi) is 9.05. The summed E-state index contributed by atoms with van der Waals surface area (Å²) in [5.41, 5.74) is 3.04. The van der Waals surface area contributed by atoms with Crippen LogP contribution in [0.15, 0.2) is 36.4 Å². The maximum Gasteiger partial charge on any atom is 0.0890 e. The molecule has 172 valence electrons. The molecule has 0 N–H and O–H groups in total. The summed E-state index contributed by atoms with van der Waals surface area (Å²) in [6.45, 7) is 4.58. The lowest BCUT2D eigenvalue weighted by molar-refractivity contribution is 0.607. The third-order valence-electron chi connectivity index (χ3n) is 6.88. The number of hydrogen-bond donors (Lipinski definition) is 0. The van der Waals surface area contributed by atoms with Crippen LogP contribution in [0.25, 0.3) is 29.6 Å². The Balaban J connectivity index is 1.41. The molecule has 0 bridgehead atoms. The van der Waals surface area contributed by atoms with Gasteiger partial charge in [-0.2, -0.15) is 0 Å². The van der Waals surface area contributed by atoms with Gasteiger partial charge in [0.1, 0.15) is 0 Å². The molecule has 0 radical (unpaired) electrons. The van der Waals surface area contributed by atoms with Crippen molar-refractivity contribution < 1.29 is 0 Å². The van der Waals surface area contributed by atoms with Crippen molar-refractivity contribution in [2.24, 2.45) is 0 Å². The number of hydrogen-bond acceptors (Lipinski definition) is 2. The normalized spacial score (nSPS) is 11.9. The average molecular weight is 465 g/mol. The number of rotatable bonds is 14. The van der Waals surface area contributed by atoms with E-state index in [0.717, 1.165) is 0 Å². The molecular weight excluding hydrogens is 424 g/mol. The lowest BCUT2D eigenvalue weighted by Crippen LogP contribution is -1.86. The molecule has 0 amide bonds. The van der Waals surface area contributed by atoms with Crippen molar-refractivity contribution in [2.45, 2.75) is 104 Å². The van der Waals surface area contributed by atoms with Crippen LogP contribution in [0.4, 0.5) is 0 Å². The van der Waals surface area contributed by atoms with E-state index in [4.69, 9.17) is 0 Å². The molecule has 2 aromatic heterocycles. The van der Waals surface area contributed by atoms with Crippen molar-refractivity contribution >= 4 is 52.2 Å². The van der Waals surface area contributed by atoms with E-state index in [0.29, 0.717) is 0 Å². The fourth-order valence-corrected chi connectivity index (χ4v) is 7.66. The van der Waals surface area contributed by atoms with Crippen molar-refractivity contribution in [3.8, 4) is 0 Å². The van der Waals surface area contributed by atoms with Gasteiger partial charge in [-0.1, -0.05) is 102 Å². The van der Waals surface area contributed by atoms with Gasteiger partial charge in [-0.25, -0.2) is 0 Å². The van der Waals surface area contributed by atoms with Gasteiger partial charge >= 0.3 is 0 Å². The van der Waals surface area contributed by atoms with E-state index in [9.17, 15) is 0 Å². The Bertz CT molecular complexity index is 1030. The largest absolute Gasteiger partial charge is 0.124 e.